The molecule has 3 atom stereocenters. The summed E-state index contributed by atoms with van der Waals surface area (Å²) in [5, 5.41) is 7.20. The van der Waals surface area contributed by atoms with E-state index in [4.69, 9.17) is 4.52 Å². The maximum Gasteiger partial charge on any atom is 0.230 e. The third kappa shape index (κ3) is 5.61. The van der Waals surface area contributed by atoms with Crippen LogP contribution in [0.1, 0.15) is 62.3 Å². The average molecular weight is 489 g/mol. The number of carbonyl (C=O) groups is 2. The van der Waals surface area contributed by atoms with Crippen LogP contribution in [0.15, 0.2) is 53.4 Å². The zero-order chi connectivity index (χ0) is 24.7. The lowest BCUT2D eigenvalue weighted by molar-refractivity contribution is -0.136. The zero-order valence-corrected chi connectivity index (χ0v) is 20.4. The van der Waals surface area contributed by atoms with Crippen LogP contribution in [0, 0.1) is 5.92 Å². The SMILES string of the molecule is O=C1NCCCCCCN(C(=O)CCc2ccccc2)[C@H]2C[C@H](c3nc(-c4cnccn4)no3)C[C@@H]12. The second kappa shape index (κ2) is 11.4. The predicted octanol–water partition coefficient (Wildman–Crippen LogP) is 3.54. The highest BCUT2D eigenvalue weighted by molar-refractivity contribution is 5.82. The molecule has 9 heteroatoms. The van der Waals surface area contributed by atoms with Crippen molar-refractivity contribution >= 4 is 11.8 Å². The lowest BCUT2D eigenvalue weighted by Gasteiger charge is -2.33. The van der Waals surface area contributed by atoms with E-state index in [1.54, 1.807) is 18.6 Å². The minimum atomic E-state index is -0.305. The molecule has 1 saturated heterocycles. The van der Waals surface area contributed by atoms with Gasteiger partial charge in [-0.1, -0.05) is 48.3 Å². The average Bonchev–Trinajstić information content (AvgIpc) is 3.57. The van der Waals surface area contributed by atoms with Gasteiger partial charge in [-0.05, 0) is 37.7 Å². The van der Waals surface area contributed by atoms with Gasteiger partial charge in [0, 0.05) is 43.9 Å². The van der Waals surface area contributed by atoms with E-state index in [2.05, 4.69) is 25.4 Å². The van der Waals surface area contributed by atoms with Gasteiger partial charge in [0.25, 0.3) is 0 Å². The van der Waals surface area contributed by atoms with Gasteiger partial charge in [-0.3, -0.25) is 14.6 Å². The van der Waals surface area contributed by atoms with E-state index in [0.717, 1.165) is 31.2 Å². The van der Waals surface area contributed by atoms with Crippen molar-refractivity contribution < 1.29 is 14.1 Å². The molecule has 0 radical (unpaired) electrons. The van der Waals surface area contributed by atoms with Gasteiger partial charge in [-0.25, -0.2) is 4.98 Å². The Balaban J connectivity index is 1.36. The highest BCUT2D eigenvalue weighted by Crippen LogP contribution is 2.41. The van der Waals surface area contributed by atoms with Crippen molar-refractivity contribution in [2.45, 2.75) is 63.3 Å². The number of aryl methyl sites for hydroxylation is 1. The van der Waals surface area contributed by atoms with Crippen molar-refractivity contribution in [1.29, 1.82) is 0 Å². The first kappa shape index (κ1) is 24.1. The standard InChI is InChI=1S/C27H32N6O3/c34-24(11-10-19-8-4-3-5-9-19)33-15-7-2-1-6-12-30-26(35)21-16-20(17-23(21)33)27-31-25(32-36-27)22-18-28-13-14-29-22/h3-5,8-9,13-14,18,20-21,23H,1-2,6-7,10-12,15-17H2,(H,30,35)/t20-,21-,23+/m1/s1. The molecular weight excluding hydrogens is 456 g/mol. The number of hydrogen-bond acceptors (Lipinski definition) is 7. The molecule has 36 heavy (non-hydrogen) atoms. The van der Waals surface area contributed by atoms with E-state index in [-0.39, 0.29) is 29.7 Å². The van der Waals surface area contributed by atoms with Gasteiger partial charge in [-0.15, -0.1) is 0 Å². The van der Waals surface area contributed by atoms with E-state index in [9.17, 15) is 9.59 Å². The summed E-state index contributed by atoms with van der Waals surface area (Å²) in [7, 11) is 0. The molecule has 0 bridgehead atoms. The molecule has 2 fully saturated rings. The zero-order valence-electron chi connectivity index (χ0n) is 20.4. The number of amides is 2. The van der Waals surface area contributed by atoms with Crippen LogP contribution in [0.4, 0.5) is 0 Å². The number of fused-ring (bicyclic) bond motifs is 1. The number of nitrogens with zero attached hydrogens (tertiary/aromatic N) is 5. The second-order valence-electron chi connectivity index (χ2n) is 9.67. The molecule has 2 amide bonds. The Hall–Kier alpha value is -3.62. The van der Waals surface area contributed by atoms with Crippen molar-refractivity contribution in [3.63, 3.8) is 0 Å². The summed E-state index contributed by atoms with van der Waals surface area (Å²) >= 11 is 0. The van der Waals surface area contributed by atoms with E-state index in [1.807, 2.05) is 35.2 Å². The molecule has 9 nitrogen and oxygen atoms in total. The molecule has 2 aliphatic rings. The summed E-state index contributed by atoms with van der Waals surface area (Å²) in [6, 6.07) is 9.87. The predicted molar refractivity (Wildman–Crippen MR) is 133 cm³/mol. The normalized spacial score (nSPS) is 22.9. The van der Waals surface area contributed by atoms with Gasteiger partial charge in [0.15, 0.2) is 0 Å². The number of carbonyl (C=O) groups excluding carboxylic acids is 2. The summed E-state index contributed by atoms with van der Waals surface area (Å²) in [5.74, 6) is 0.579. The van der Waals surface area contributed by atoms with Crippen LogP contribution in [0.3, 0.4) is 0 Å². The molecule has 3 heterocycles. The lowest BCUT2D eigenvalue weighted by atomic mass is 9.99. The first-order chi connectivity index (χ1) is 17.7. The number of aromatic nitrogens is 4. The fourth-order valence-electron chi connectivity index (χ4n) is 5.38. The minimum Gasteiger partial charge on any atom is -0.356 e. The highest BCUT2D eigenvalue weighted by atomic mass is 16.5. The van der Waals surface area contributed by atoms with Crippen LogP contribution in [0.5, 0.6) is 0 Å². The van der Waals surface area contributed by atoms with Gasteiger partial charge in [-0.2, -0.15) is 4.98 Å². The summed E-state index contributed by atoms with van der Waals surface area (Å²) in [6.45, 7) is 1.34. The molecule has 1 N–H and O–H groups in total. The van der Waals surface area contributed by atoms with Crippen LogP contribution in [0.2, 0.25) is 0 Å². The topological polar surface area (TPSA) is 114 Å². The van der Waals surface area contributed by atoms with Crippen molar-refractivity contribution in [2.75, 3.05) is 13.1 Å². The molecule has 5 rings (SSSR count). The molecule has 0 unspecified atom stereocenters. The molecule has 1 aliphatic heterocycles. The van der Waals surface area contributed by atoms with Crippen molar-refractivity contribution in [3.05, 3.63) is 60.4 Å². The van der Waals surface area contributed by atoms with Gasteiger partial charge < -0.3 is 14.7 Å². The van der Waals surface area contributed by atoms with Gasteiger partial charge in [0.1, 0.15) is 5.69 Å². The third-order valence-corrected chi connectivity index (χ3v) is 7.27. The fraction of sp³-hybridized carbons (Fsp3) is 0.481. The highest BCUT2D eigenvalue weighted by Gasteiger charge is 2.45. The molecule has 1 saturated carbocycles. The molecule has 1 aromatic carbocycles. The Morgan fingerprint density at radius 2 is 1.94 bits per heavy atom. The quantitative estimate of drug-likeness (QED) is 0.584. The largest absolute Gasteiger partial charge is 0.356 e. The van der Waals surface area contributed by atoms with Crippen molar-refractivity contribution in [1.82, 2.24) is 30.3 Å². The maximum atomic E-state index is 13.5. The number of hydrogen-bond donors (Lipinski definition) is 1. The second-order valence-corrected chi connectivity index (χ2v) is 9.67. The Morgan fingerprint density at radius 3 is 2.78 bits per heavy atom. The van der Waals surface area contributed by atoms with Gasteiger partial charge >= 0.3 is 0 Å². The summed E-state index contributed by atoms with van der Waals surface area (Å²) in [5.41, 5.74) is 1.68. The Bertz CT molecular complexity index is 1150. The van der Waals surface area contributed by atoms with Gasteiger partial charge in [0.2, 0.25) is 23.5 Å². The Labute approximate surface area is 210 Å². The maximum absolute atomic E-state index is 13.5. The summed E-state index contributed by atoms with van der Waals surface area (Å²) in [4.78, 5) is 41.6. The lowest BCUT2D eigenvalue weighted by Crippen LogP contribution is -2.47. The minimum absolute atomic E-state index is 0.0129. The Kier molecular flexibility index (Phi) is 7.64. The molecule has 3 aromatic rings. The van der Waals surface area contributed by atoms with E-state index >= 15 is 0 Å². The summed E-state index contributed by atoms with van der Waals surface area (Å²) in [6.07, 6.45) is 11.1. The number of rotatable bonds is 5. The molecule has 188 valence electrons. The number of nitrogens with one attached hydrogen (secondary N) is 1. The van der Waals surface area contributed by atoms with E-state index in [1.165, 1.54) is 0 Å². The molecular formula is C27H32N6O3. The van der Waals surface area contributed by atoms with Crippen molar-refractivity contribution in [2.24, 2.45) is 5.92 Å². The third-order valence-electron chi connectivity index (χ3n) is 7.27. The smallest absolute Gasteiger partial charge is 0.230 e. The van der Waals surface area contributed by atoms with Crippen LogP contribution in [-0.4, -0.2) is 56.0 Å². The number of benzene rings is 1. The first-order valence-electron chi connectivity index (χ1n) is 12.9. The van der Waals surface area contributed by atoms with Crippen LogP contribution < -0.4 is 5.32 Å². The first-order valence-corrected chi connectivity index (χ1v) is 12.9. The Morgan fingerprint density at radius 1 is 1.08 bits per heavy atom. The summed E-state index contributed by atoms with van der Waals surface area (Å²) < 4.78 is 5.61. The molecule has 2 aromatic heterocycles. The van der Waals surface area contributed by atoms with Crippen LogP contribution in [0.25, 0.3) is 11.5 Å². The van der Waals surface area contributed by atoms with Gasteiger partial charge in [0.05, 0.1) is 12.1 Å². The monoisotopic (exact) mass is 488 g/mol. The van der Waals surface area contributed by atoms with E-state index in [0.29, 0.717) is 56.2 Å². The molecule has 0 spiro atoms. The fourth-order valence-corrected chi connectivity index (χ4v) is 5.38. The van der Waals surface area contributed by atoms with Crippen LogP contribution in [-0.2, 0) is 16.0 Å². The van der Waals surface area contributed by atoms with E-state index < -0.39 is 0 Å². The van der Waals surface area contributed by atoms with Crippen LogP contribution >= 0.6 is 0 Å². The molecule has 1 aliphatic carbocycles. The van der Waals surface area contributed by atoms with Crippen molar-refractivity contribution in [3.8, 4) is 11.5 Å².